The summed E-state index contributed by atoms with van der Waals surface area (Å²) in [6.45, 7) is 22.5. The van der Waals surface area contributed by atoms with Crippen molar-refractivity contribution >= 4 is 40.6 Å². The Kier molecular flexibility index (Phi) is 6.94. The number of rotatable bonds is 8. The van der Waals surface area contributed by atoms with Crippen molar-refractivity contribution in [1.29, 1.82) is 0 Å². The van der Waals surface area contributed by atoms with Gasteiger partial charge in [-0.15, -0.1) is 0 Å². The highest BCUT2D eigenvalue weighted by molar-refractivity contribution is 6.12. The molecule has 0 heteroatoms. The zero-order chi connectivity index (χ0) is 24.9. The smallest absolute Gasteiger partial charge is 0.00204 e. The Balaban J connectivity index is 2.12. The second kappa shape index (κ2) is 10.2. The van der Waals surface area contributed by atoms with Gasteiger partial charge in [0.15, 0.2) is 0 Å². The first-order valence-corrected chi connectivity index (χ1v) is 11.7. The van der Waals surface area contributed by atoms with Crippen LogP contribution in [0.5, 0.6) is 0 Å². The van der Waals surface area contributed by atoms with Crippen LogP contribution in [0.15, 0.2) is 112 Å². The summed E-state index contributed by atoms with van der Waals surface area (Å²) < 4.78 is 0. The zero-order valence-electron chi connectivity index (χ0n) is 20.4. The molecule has 4 aromatic rings. The van der Waals surface area contributed by atoms with Gasteiger partial charge >= 0.3 is 0 Å². The first kappa shape index (κ1) is 23.7. The zero-order valence-corrected chi connectivity index (χ0v) is 20.4. The molecule has 0 fully saturated rings. The van der Waals surface area contributed by atoms with E-state index in [0.717, 1.165) is 61.0 Å². The maximum Gasteiger partial charge on any atom is -0.00204 e. The topological polar surface area (TPSA) is 0 Å². The molecule has 0 nitrogen and oxygen atoms in total. The predicted molar refractivity (Wildman–Crippen MR) is 159 cm³/mol. The van der Waals surface area contributed by atoms with E-state index in [1.165, 1.54) is 5.39 Å². The fraction of sp³-hybridized carbons (Fsp3) is 0.0286. The lowest BCUT2D eigenvalue weighted by molar-refractivity contribution is 1.54. The van der Waals surface area contributed by atoms with Gasteiger partial charge < -0.3 is 0 Å². The number of allylic oxidation sites excluding steroid dienone is 3. The van der Waals surface area contributed by atoms with Gasteiger partial charge in [-0.25, -0.2) is 0 Å². The molecule has 0 aliphatic heterocycles. The molecule has 0 aliphatic carbocycles. The predicted octanol–water partition coefficient (Wildman–Crippen LogP) is 10.3. The third-order valence-corrected chi connectivity index (χ3v) is 6.57. The third kappa shape index (κ3) is 4.05. The lowest BCUT2D eigenvalue weighted by Crippen LogP contribution is -1.98. The van der Waals surface area contributed by atoms with Crippen molar-refractivity contribution in [3.05, 3.63) is 140 Å². The summed E-state index contributed by atoms with van der Waals surface area (Å²) in [5, 5.41) is 2.33. The van der Waals surface area contributed by atoms with Gasteiger partial charge in [0.2, 0.25) is 0 Å². The fourth-order valence-corrected chi connectivity index (χ4v) is 4.94. The van der Waals surface area contributed by atoms with Gasteiger partial charge in [0, 0.05) is 0 Å². The summed E-state index contributed by atoms with van der Waals surface area (Å²) in [6.07, 6.45) is 11.6. The molecule has 0 radical (unpaired) electrons. The SMILES string of the molecule is C=C/C(=C\C)c1ccc(-c2c(C=C)c(C=C)c(-c3cccc(C=C)c3C=C)c3ccccc23)cc1. The van der Waals surface area contributed by atoms with Gasteiger partial charge in [-0.05, 0) is 73.3 Å². The summed E-state index contributed by atoms with van der Waals surface area (Å²) in [5.41, 5.74) is 11.0. The van der Waals surface area contributed by atoms with E-state index in [9.17, 15) is 0 Å². The molecule has 4 aromatic carbocycles. The Morgan fingerprint density at radius 3 is 1.74 bits per heavy atom. The molecule has 0 saturated heterocycles. The molecule has 170 valence electrons. The summed E-state index contributed by atoms with van der Waals surface area (Å²) in [7, 11) is 0. The number of fused-ring (bicyclic) bond motifs is 1. The minimum Gasteiger partial charge on any atom is -0.0985 e. The molecular formula is C35H30. The maximum atomic E-state index is 4.21. The van der Waals surface area contributed by atoms with Crippen LogP contribution in [0.1, 0.15) is 34.7 Å². The van der Waals surface area contributed by atoms with Gasteiger partial charge in [-0.3, -0.25) is 0 Å². The molecule has 4 rings (SSSR count). The molecule has 0 aromatic heterocycles. The van der Waals surface area contributed by atoms with Crippen LogP contribution in [0.25, 0.3) is 62.9 Å². The van der Waals surface area contributed by atoms with Crippen LogP contribution < -0.4 is 0 Å². The maximum absolute atomic E-state index is 4.21. The van der Waals surface area contributed by atoms with Crippen LogP contribution in [0, 0.1) is 0 Å². The van der Waals surface area contributed by atoms with Crippen molar-refractivity contribution in [1.82, 2.24) is 0 Å². The normalized spacial score (nSPS) is 11.2. The van der Waals surface area contributed by atoms with E-state index in [1.54, 1.807) is 0 Å². The lowest BCUT2D eigenvalue weighted by Gasteiger charge is -2.22. The Hall–Kier alpha value is -4.42. The Labute approximate surface area is 209 Å². The van der Waals surface area contributed by atoms with Crippen molar-refractivity contribution in [2.24, 2.45) is 0 Å². The second-order valence-electron chi connectivity index (χ2n) is 8.27. The summed E-state index contributed by atoms with van der Waals surface area (Å²) in [5.74, 6) is 0. The van der Waals surface area contributed by atoms with E-state index >= 15 is 0 Å². The largest absolute Gasteiger partial charge is 0.0985 e. The molecule has 35 heavy (non-hydrogen) atoms. The van der Waals surface area contributed by atoms with Gasteiger partial charge in [-0.1, -0.05) is 136 Å². The lowest BCUT2D eigenvalue weighted by atomic mass is 9.81. The summed E-state index contributed by atoms with van der Waals surface area (Å²) in [4.78, 5) is 0. The number of hydrogen-bond acceptors (Lipinski definition) is 0. The number of benzene rings is 4. The number of hydrogen-bond donors (Lipinski definition) is 0. The second-order valence-corrected chi connectivity index (χ2v) is 8.27. The van der Waals surface area contributed by atoms with Gasteiger partial charge in [-0.2, -0.15) is 0 Å². The molecule has 0 amide bonds. The molecule has 0 saturated carbocycles. The average molecular weight is 451 g/mol. The molecule has 0 unspecified atom stereocenters. The van der Waals surface area contributed by atoms with Crippen molar-refractivity contribution in [3.8, 4) is 22.3 Å². The highest BCUT2D eigenvalue weighted by Gasteiger charge is 2.20. The minimum absolute atomic E-state index is 1.05. The van der Waals surface area contributed by atoms with E-state index in [1.807, 2.05) is 37.3 Å². The molecule has 0 spiro atoms. The average Bonchev–Trinajstić information content (AvgIpc) is 2.92. The molecule has 0 aliphatic rings. The van der Waals surface area contributed by atoms with Crippen LogP contribution in [0.2, 0.25) is 0 Å². The standard InChI is InChI=1S/C35H30/c1-7-24(8-2)26-20-22-27(23-21-26)34-29(11-5)30(12-6)35(33-18-14-13-17-32(33)34)31-19-15-16-25(9-3)28(31)10-4/h7-23H,1,3-6H2,2H3/b24-8+. The van der Waals surface area contributed by atoms with Gasteiger partial charge in [0.25, 0.3) is 0 Å². The van der Waals surface area contributed by atoms with Crippen LogP contribution in [-0.2, 0) is 0 Å². The van der Waals surface area contributed by atoms with E-state index in [4.69, 9.17) is 0 Å². The molecule has 0 heterocycles. The molecule has 0 atom stereocenters. The highest BCUT2D eigenvalue weighted by Crippen LogP contribution is 2.44. The highest BCUT2D eigenvalue weighted by atomic mass is 14.2. The van der Waals surface area contributed by atoms with Crippen LogP contribution in [0.4, 0.5) is 0 Å². The van der Waals surface area contributed by atoms with E-state index < -0.39 is 0 Å². The van der Waals surface area contributed by atoms with Crippen LogP contribution in [0.3, 0.4) is 0 Å². The van der Waals surface area contributed by atoms with Crippen molar-refractivity contribution < 1.29 is 0 Å². The quantitative estimate of drug-likeness (QED) is 0.234. The first-order chi connectivity index (χ1) is 17.1. The summed E-state index contributed by atoms with van der Waals surface area (Å²) >= 11 is 0. The van der Waals surface area contributed by atoms with E-state index in [-0.39, 0.29) is 0 Å². The van der Waals surface area contributed by atoms with E-state index in [0.29, 0.717) is 0 Å². The van der Waals surface area contributed by atoms with Crippen molar-refractivity contribution in [2.45, 2.75) is 6.92 Å². The van der Waals surface area contributed by atoms with E-state index in [2.05, 4.69) is 106 Å². The molecular weight excluding hydrogens is 420 g/mol. The van der Waals surface area contributed by atoms with Crippen molar-refractivity contribution in [2.75, 3.05) is 0 Å². The summed E-state index contributed by atoms with van der Waals surface area (Å²) in [6, 6.07) is 23.5. The minimum atomic E-state index is 1.05. The molecule has 0 bridgehead atoms. The monoisotopic (exact) mass is 450 g/mol. The van der Waals surface area contributed by atoms with Crippen LogP contribution in [-0.4, -0.2) is 0 Å². The Bertz CT molecular complexity index is 1500. The third-order valence-electron chi connectivity index (χ3n) is 6.57. The first-order valence-electron chi connectivity index (χ1n) is 11.7. The Morgan fingerprint density at radius 1 is 0.600 bits per heavy atom. The van der Waals surface area contributed by atoms with Gasteiger partial charge in [0.05, 0.1) is 0 Å². The fourth-order valence-electron chi connectivity index (χ4n) is 4.94. The Morgan fingerprint density at radius 2 is 1.20 bits per heavy atom. The molecule has 0 N–H and O–H groups in total. The van der Waals surface area contributed by atoms with Crippen LogP contribution >= 0.6 is 0 Å². The van der Waals surface area contributed by atoms with Crippen molar-refractivity contribution in [3.63, 3.8) is 0 Å². The van der Waals surface area contributed by atoms with Gasteiger partial charge in [0.1, 0.15) is 0 Å².